The molecule has 1 saturated carbocycles. The highest BCUT2D eigenvalue weighted by Gasteiger charge is 2.37. The maximum absolute atomic E-state index is 10.9. The van der Waals surface area contributed by atoms with Crippen molar-refractivity contribution in [1.29, 1.82) is 0 Å². The van der Waals surface area contributed by atoms with E-state index < -0.39 is 0 Å². The van der Waals surface area contributed by atoms with Crippen molar-refractivity contribution in [2.24, 2.45) is 5.41 Å². The first-order valence-electron chi connectivity index (χ1n) is 5.99. The lowest BCUT2D eigenvalue weighted by Crippen LogP contribution is -2.25. The van der Waals surface area contributed by atoms with Crippen LogP contribution < -0.4 is 5.32 Å². The molecule has 1 aliphatic carbocycles. The lowest BCUT2D eigenvalue weighted by Gasteiger charge is -2.17. The summed E-state index contributed by atoms with van der Waals surface area (Å²) in [5.74, 6) is 0. The first-order chi connectivity index (χ1) is 8.02. The van der Waals surface area contributed by atoms with Crippen LogP contribution in [-0.4, -0.2) is 11.5 Å². The monoisotopic (exact) mass is 234 g/mol. The molecule has 4 heteroatoms. The van der Waals surface area contributed by atoms with E-state index in [1.807, 2.05) is 19.1 Å². The van der Waals surface area contributed by atoms with E-state index in [4.69, 9.17) is 0 Å². The quantitative estimate of drug-likeness (QED) is 0.629. The van der Waals surface area contributed by atoms with Gasteiger partial charge in [-0.05, 0) is 25.2 Å². The fraction of sp³-hybridized carbons (Fsp3) is 0.538. The normalized spacial score (nSPS) is 18.7. The van der Waals surface area contributed by atoms with Crippen molar-refractivity contribution in [1.82, 2.24) is 5.32 Å². The predicted molar refractivity (Wildman–Crippen MR) is 66.9 cm³/mol. The van der Waals surface area contributed by atoms with E-state index in [-0.39, 0.29) is 16.7 Å². The summed E-state index contributed by atoms with van der Waals surface area (Å²) in [5.41, 5.74) is 1.38. The lowest BCUT2D eigenvalue weighted by atomic mass is 10.0. The van der Waals surface area contributed by atoms with Gasteiger partial charge in [0.15, 0.2) is 0 Å². The zero-order valence-electron chi connectivity index (χ0n) is 10.3. The minimum absolute atomic E-state index is 0.0222. The molecule has 0 aliphatic heterocycles. The van der Waals surface area contributed by atoms with Crippen LogP contribution in [0, 0.1) is 15.5 Å². The molecule has 2 rings (SSSR count). The standard InChI is InChI=1S/C13H18N2O2/c1-10(14-9-13(2)7-8-13)11-5-3-4-6-12(11)15(16)17/h3-6,10,14H,7-9H2,1-2H3. The van der Waals surface area contributed by atoms with Crippen LogP contribution in [0.2, 0.25) is 0 Å². The molecule has 1 aliphatic rings. The number of rotatable bonds is 5. The van der Waals surface area contributed by atoms with E-state index in [0.717, 1.165) is 12.1 Å². The summed E-state index contributed by atoms with van der Waals surface area (Å²) >= 11 is 0. The fourth-order valence-electron chi connectivity index (χ4n) is 1.92. The lowest BCUT2D eigenvalue weighted by molar-refractivity contribution is -0.385. The highest BCUT2D eigenvalue weighted by molar-refractivity contribution is 5.41. The summed E-state index contributed by atoms with van der Waals surface area (Å²) in [7, 11) is 0. The van der Waals surface area contributed by atoms with Gasteiger partial charge in [-0.1, -0.05) is 25.1 Å². The summed E-state index contributed by atoms with van der Waals surface area (Å²) in [4.78, 5) is 10.6. The van der Waals surface area contributed by atoms with Gasteiger partial charge in [0.2, 0.25) is 0 Å². The van der Waals surface area contributed by atoms with Crippen molar-refractivity contribution >= 4 is 5.69 Å². The molecule has 0 spiro atoms. The Labute approximate surface area is 101 Å². The fourth-order valence-corrected chi connectivity index (χ4v) is 1.92. The van der Waals surface area contributed by atoms with Crippen molar-refractivity contribution < 1.29 is 4.92 Å². The topological polar surface area (TPSA) is 55.2 Å². The molecular weight excluding hydrogens is 216 g/mol. The molecule has 0 amide bonds. The van der Waals surface area contributed by atoms with Crippen LogP contribution in [-0.2, 0) is 0 Å². The number of para-hydroxylation sites is 1. The molecule has 0 radical (unpaired) electrons. The van der Waals surface area contributed by atoms with Crippen molar-refractivity contribution in [2.45, 2.75) is 32.7 Å². The number of nitro benzene ring substituents is 1. The van der Waals surface area contributed by atoms with E-state index in [2.05, 4.69) is 12.2 Å². The van der Waals surface area contributed by atoms with Crippen LogP contribution in [0.3, 0.4) is 0 Å². The Morgan fingerprint density at radius 2 is 2.12 bits per heavy atom. The van der Waals surface area contributed by atoms with Crippen LogP contribution in [0.15, 0.2) is 24.3 Å². The molecule has 1 fully saturated rings. The number of hydrogen-bond donors (Lipinski definition) is 1. The first kappa shape index (κ1) is 12.0. The number of hydrogen-bond acceptors (Lipinski definition) is 3. The Balaban J connectivity index is 2.07. The molecule has 1 aromatic carbocycles. The molecule has 4 nitrogen and oxygen atoms in total. The van der Waals surface area contributed by atoms with Crippen LogP contribution in [0.25, 0.3) is 0 Å². The Bertz CT molecular complexity index is 427. The highest BCUT2D eigenvalue weighted by atomic mass is 16.6. The summed E-state index contributed by atoms with van der Waals surface area (Å²) in [5, 5.41) is 14.3. The molecule has 17 heavy (non-hydrogen) atoms. The average Bonchev–Trinajstić information content (AvgIpc) is 3.05. The molecule has 1 atom stereocenters. The Kier molecular flexibility index (Phi) is 3.15. The number of nitrogens with zero attached hydrogens (tertiary/aromatic N) is 1. The third-order valence-corrected chi connectivity index (χ3v) is 3.54. The Morgan fingerprint density at radius 1 is 1.47 bits per heavy atom. The van der Waals surface area contributed by atoms with Crippen molar-refractivity contribution in [2.75, 3.05) is 6.54 Å². The number of nitro groups is 1. The molecule has 0 aromatic heterocycles. The summed E-state index contributed by atoms with van der Waals surface area (Å²) in [6.45, 7) is 5.15. The van der Waals surface area contributed by atoms with E-state index in [1.54, 1.807) is 12.1 Å². The van der Waals surface area contributed by atoms with Crippen LogP contribution in [0.1, 0.15) is 38.3 Å². The zero-order chi connectivity index (χ0) is 12.5. The number of nitrogens with one attached hydrogen (secondary N) is 1. The minimum Gasteiger partial charge on any atom is -0.309 e. The van der Waals surface area contributed by atoms with Crippen molar-refractivity contribution in [3.8, 4) is 0 Å². The highest BCUT2D eigenvalue weighted by Crippen LogP contribution is 2.44. The van der Waals surface area contributed by atoms with Gasteiger partial charge in [0.1, 0.15) is 0 Å². The van der Waals surface area contributed by atoms with Gasteiger partial charge in [0.25, 0.3) is 5.69 Å². The molecule has 92 valence electrons. The first-order valence-corrected chi connectivity index (χ1v) is 5.99. The van der Waals surface area contributed by atoms with Crippen LogP contribution in [0.5, 0.6) is 0 Å². The smallest absolute Gasteiger partial charge is 0.274 e. The molecule has 1 N–H and O–H groups in total. The summed E-state index contributed by atoms with van der Waals surface area (Å²) < 4.78 is 0. The van der Waals surface area contributed by atoms with Gasteiger partial charge >= 0.3 is 0 Å². The largest absolute Gasteiger partial charge is 0.309 e. The molecule has 0 heterocycles. The third-order valence-electron chi connectivity index (χ3n) is 3.54. The van der Waals surface area contributed by atoms with Gasteiger partial charge in [-0.15, -0.1) is 0 Å². The number of benzene rings is 1. The van der Waals surface area contributed by atoms with Gasteiger partial charge in [-0.3, -0.25) is 10.1 Å². The molecular formula is C13H18N2O2. The maximum Gasteiger partial charge on any atom is 0.274 e. The Hall–Kier alpha value is -1.42. The SMILES string of the molecule is CC(NCC1(C)CC1)c1ccccc1[N+](=O)[O-]. The summed E-state index contributed by atoms with van der Waals surface area (Å²) in [6.07, 6.45) is 2.51. The average molecular weight is 234 g/mol. The van der Waals surface area contributed by atoms with Crippen LogP contribution >= 0.6 is 0 Å². The van der Waals surface area contributed by atoms with E-state index in [9.17, 15) is 10.1 Å². The molecule has 1 aromatic rings. The van der Waals surface area contributed by atoms with Gasteiger partial charge in [0.05, 0.1) is 4.92 Å². The second kappa shape index (κ2) is 4.45. The second-order valence-corrected chi connectivity index (χ2v) is 5.23. The Morgan fingerprint density at radius 3 is 2.71 bits per heavy atom. The molecule has 0 saturated heterocycles. The minimum atomic E-state index is -0.313. The van der Waals surface area contributed by atoms with Crippen molar-refractivity contribution in [3.63, 3.8) is 0 Å². The van der Waals surface area contributed by atoms with E-state index in [0.29, 0.717) is 5.41 Å². The predicted octanol–water partition coefficient (Wildman–Crippen LogP) is 3.05. The molecule has 1 unspecified atom stereocenters. The summed E-state index contributed by atoms with van der Waals surface area (Å²) in [6, 6.07) is 6.96. The van der Waals surface area contributed by atoms with Crippen molar-refractivity contribution in [3.05, 3.63) is 39.9 Å². The van der Waals surface area contributed by atoms with Crippen LogP contribution in [0.4, 0.5) is 5.69 Å². The van der Waals surface area contributed by atoms with E-state index >= 15 is 0 Å². The molecule has 0 bridgehead atoms. The van der Waals surface area contributed by atoms with Gasteiger partial charge in [-0.25, -0.2) is 0 Å². The third kappa shape index (κ3) is 2.82. The second-order valence-electron chi connectivity index (χ2n) is 5.23. The maximum atomic E-state index is 10.9. The van der Waals surface area contributed by atoms with Gasteiger partial charge < -0.3 is 5.32 Å². The van der Waals surface area contributed by atoms with E-state index in [1.165, 1.54) is 12.8 Å². The zero-order valence-corrected chi connectivity index (χ0v) is 10.3. The van der Waals surface area contributed by atoms with Gasteiger partial charge in [-0.2, -0.15) is 0 Å². The van der Waals surface area contributed by atoms with Gasteiger partial charge in [0, 0.05) is 24.2 Å².